The van der Waals surface area contributed by atoms with Crippen molar-refractivity contribution in [3.63, 3.8) is 0 Å². The predicted octanol–water partition coefficient (Wildman–Crippen LogP) is 2.15. The molecule has 1 aromatic heterocycles. The molecule has 0 radical (unpaired) electrons. The van der Waals surface area contributed by atoms with Crippen LogP contribution in [-0.4, -0.2) is 24.9 Å². The molecule has 2 N–H and O–H groups in total. The van der Waals surface area contributed by atoms with Crippen LogP contribution >= 0.6 is 11.3 Å². The van der Waals surface area contributed by atoms with Crippen molar-refractivity contribution in [2.24, 2.45) is 0 Å². The summed E-state index contributed by atoms with van der Waals surface area (Å²) in [5.74, 6) is -0.376. The first kappa shape index (κ1) is 15.3. The Morgan fingerprint density at radius 3 is 2.48 bits per heavy atom. The number of nitrogens with one attached hydrogen (secondary N) is 2. The second kappa shape index (κ2) is 7.59. The van der Waals surface area contributed by atoms with Gasteiger partial charge in [-0.05, 0) is 31.0 Å². The van der Waals surface area contributed by atoms with Crippen LogP contribution in [0.1, 0.15) is 20.1 Å². The zero-order valence-electron chi connectivity index (χ0n) is 11.9. The lowest BCUT2D eigenvalue weighted by Crippen LogP contribution is -2.37. The van der Waals surface area contributed by atoms with Gasteiger partial charge in [0, 0.05) is 11.4 Å². The van der Waals surface area contributed by atoms with Crippen molar-refractivity contribution in [1.82, 2.24) is 10.6 Å². The molecule has 0 saturated carbocycles. The highest BCUT2D eigenvalue weighted by atomic mass is 32.1. The molecule has 21 heavy (non-hydrogen) atoms. The average molecular weight is 302 g/mol. The van der Waals surface area contributed by atoms with Crippen LogP contribution in [0.3, 0.4) is 0 Å². The minimum Gasteiger partial charge on any atom is -0.354 e. The monoisotopic (exact) mass is 302 g/mol. The van der Waals surface area contributed by atoms with Gasteiger partial charge in [0.15, 0.2) is 0 Å². The highest BCUT2D eigenvalue weighted by Crippen LogP contribution is 2.14. The molecule has 0 aliphatic carbocycles. The number of hydrogen-bond acceptors (Lipinski definition) is 3. The van der Waals surface area contributed by atoms with E-state index in [0.29, 0.717) is 11.4 Å². The first-order valence-corrected chi connectivity index (χ1v) is 7.62. The molecule has 2 rings (SSSR count). The summed E-state index contributed by atoms with van der Waals surface area (Å²) < 4.78 is 0. The molecule has 0 atom stereocenters. The number of benzene rings is 1. The number of carbonyl (C=O) groups is 2. The molecule has 5 heteroatoms. The minimum absolute atomic E-state index is 0.00453. The second-order valence-electron chi connectivity index (χ2n) is 4.68. The highest BCUT2D eigenvalue weighted by molar-refractivity contribution is 7.13. The quantitative estimate of drug-likeness (QED) is 0.859. The molecule has 0 bridgehead atoms. The third kappa shape index (κ3) is 5.04. The number of rotatable bonds is 6. The van der Waals surface area contributed by atoms with Gasteiger partial charge in [-0.25, -0.2) is 0 Å². The van der Waals surface area contributed by atoms with Gasteiger partial charge in [-0.3, -0.25) is 9.59 Å². The summed E-state index contributed by atoms with van der Waals surface area (Å²) in [6.07, 6.45) is 0.782. The topological polar surface area (TPSA) is 58.2 Å². The number of hydrogen-bond donors (Lipinski definition) is 2. The van der Waals surface area contributed by atoms with E-state index in [1.165, 1.54) is 16.9 Å². The van der Waals surface area contributed by atoms with Crippen molar-refractivity contribution in [1.29, 1.82) is 0 Å². The van der Waals surface area contributed by atoms with E-state index in [1.54, 1.807) is 6.07 Å². The molecule has 0 unspecified atom stereocenters. The molecule has 0 fully saturated rings. The largest absolute Gasteiger partial charge is 0.354 e. The van der Waals surface area contributed by atoms with Crippen LogP contribution in [0.2, 0.25) is 0 Å². The van der Waals surface area contributed by atoms with Gasteiger partial charge in [0.1, 0.15) is 0 Å². The second-order valence-corrected chi connectivity index (χ2v) is 5.97. The maximum absolute atomic E-state index is 11.8. The van der Waals surface area contributed by atoms with Gasteiger partial charge in [-0.2, -0.15) is 0 Å². The fourth-order valence-electron chi connectivity index (χ4n) is 1.86. The third-order valence-corrected chi connectivity index (χ3v) is 3.95. The van der Waals surface area contributed by atoms with Crippen molar-refractivity contribution < 1.29 is 9.59 Å². The van der Waals surface area contributed by atoms with E-state index in [4.69, 9.17) is 0 Å². The van der Waals surface area contributed by atoms with Gasteiger partial charge in [0.2, 0.25) is 5.91 Å². The summed E-state index contributed by atoms with van der Waals surface area (Å²) in [5, 5.41) is 5.41. The third-order valence-electron chi connectivity index (χ3n) is 2.95. The Morgan fingerprint density at radius 2 is 1.81 bits per heavy atom. The molecule has 0 saturated heterocycles. The van der Waals surface area contributed by atoms with E-state index in [2.05, 4.69) is 10.6 Å². The summed E-state index contributed by atoms with van der Waals surface area (Å²) in [4.78, 5) is 25.1. The molecule has 0 spiro atoms. The van der Waals surface area contributed by atoms with Gasteiger partial charge in [0.05, 0.1) is 11.4 Å². The molecule has 0 aliphatic rings. The molecule has 1 aromatic carbocycles. The Balaban J connectivity index is 1.67. The Kier molecular flexibility index (Phi) is 5.51. The number of aryl methyl sites for hydroxylation is 1. The smallest absolute Gasteiger partial charge is 0.261 e. The molecule has 2 aromatic rings. The summed E-state index contributed by atoms with van der Waals surface area (Å²) in [6.45, 7) is 2.51. The van der Waals surface area contributed by atoms with E-state index in [0.717, 1.165) is 11.3 Å². The number of carbonyl (C=O) groups excluding carboxylic acids is 2. The minimum atomic E-state index is -0.202. The van der Waals surface area contributed by atoms with E-state index >= 15 is 0 Å². The normalized spacial score (nSPS) is 10.1. The molecule has 1 heterocycles. The Labute approximate surface area is 128 Å². The van der Waals surface area contributed by atoms with Gasteiger partial charge < -0.3 is 10.6 Å². The lowest BCUT2D eigenvalue weighted by atomic mass is 10.1. The van der Waals surface area contributed by atoms with Gasteiger partial charge in [0.25, 0.3) is 5.91 Å². The summed E-state index contributed by atoms with van der Waals surface area (Å²) in [5.41, 5.74) is 1.18. The zero-order valence-corrected chi connectivity index (χ0v) is 12.7. The van der Waals surface area contributed by atoms with Crippen molar-refractivity contribution in [3.8, 4) is 0 Å². The van der Waals surface area contributed by atoms with Gasteiger partial charge >= 0.3 is 0 Å². The first-order chi connectivity index (χ1) is 10.1. The van der Waals surface area contributed by atoms with E-state index < -0.39 is 0 Å². The molecule has 4 nitrogen and oxygen atoms in total. The number of thiophene rings is 1. The van der Waals surface area contributed by atoms with Crippen molar-refractivity contribution in [2.45, 2.75) is 13.3 Å². The van der Waals surface area contributed by atoms with Crippen LogP contribution in [0.5, 0.6) is 0 Å². The standard InChI is InChI=1S/C16H18N2O2S/c1-12-7-8-14(21-12)16(20)18-11-15(19)17-10-9-13-5-3-2-4-6-13/h2-8H,9-11H2,1H3,(H,17,19)(H,18,20). The van der Waals surface area contributed by atoms with Crippen molar-refractivity contribution in [3.05, 3.63) is 57.8 Å². The molecule has 2 amide bonds. The SMILES string of the molecule is Cc1ccc(C(=O)NCC(=O)NCCc2ccccc2)s1. The van der Waals surface area contributed by atoms with E-state index in [9.17, 15) is 9.59 Å². The fourth-order valence-corrected chi connectivity index (χ4v) is 2.64. The fraction of sp³-hybridized carbons (Fsp3) is 0.250. The molecule has 0 aliphatic heterocycles. The Bertz CT molecular complexity index is 608. The van der Waals surface area contributed by atoms with Crippen LogP contribution < -0.4 is 10.6 Å². The lowest BCUT2D eigenvalue weighted by molar-refractivity contribution is -0.120. The first-order valence-electron chi connectivity index (χ1n) is 6.80. The van der Waals surface area contributed by atoms with Crippen LogP contribution in [0.4, 0.5) is 0 Å². The van der Waals surface area contributed by atoms with Gasteiger partial charge in [-0.1, -0.05) is 30.3 Å². The Morgan fingerprint density at radius 1 is 1.05 bits per heavy atom. The van der Waals surface area contributed by atoms with E-state index in [1.807, 2.05) is 43.3 Å². The number of amides is 2. The maximum atomic E-state index is 11.8. The van der Waals surface area contributed by atoms with Crippen molar-refractivity contribution >= 4 is 23.2 Å². The summed E-state index contributed by atoms with van der Waals surface area (Å²) >= 11 is 1.42. The summed E-state index contributed by atoms with van der Waals surface area (Å²) in [6, 6.07) is 13.6. The van der Waals surface area contributed by atoms with Crippen LogP contribution in [-0.2, 0) is 11.2 Å². The van der Waals surface area contributed by atoms with Crippen molar-refractivity contribution in [2.75, 3.05) is 13.1 Å². The molecular weight excluding hydrogens is 284 g/mol. The van der Waals surface area contributed by atoms with E-state index in [-0.39, 0.29) is 18.4 Å². The van der Waals surface area contributed by atoms with Crippen LogP contribution in [0, 0.1) is 6.92 Å². The van der Waals surface area contributed by atoms with Crippen LogP contribution in [0.15, 0.2) is 42.5 Å². The molecular formula is C16H18N2O2S. The average Bonchev–Trinajstić information content (AvgIpc) is 2.92. The zero-order chi connectivity index (χ0) is 15.1. The maximum Gasteiger partial charge on any atom is 0.261 e. The Hall–Kier alpha value is -2.14. The lowest BCUT2D eigenvalue weighted by Gasteiger charge is -2.06. The van der Waals surface area contributed by atoms with Crippen LogP contribution in [0.25, 0.3) is 0 Å². The molecule has 110 valence electrons. The highest BCUT2D eigenvalue weighted by Gasteiger charge is 2.09. The predicted molar refractivity (Wildman–Crippen MR) is 84.5 cm³/mol. The summed E-state index contributed by atoms with van der Waals surface area (Å²) in [7, 11) is 0. The van der Waals surface area contributed by atoms with Gasteiger partial charge in [-0.15, -0.1) is 11.3 Å².